The summed E-state index contributed by atoms with van der Waals surface area (Å²) in [5, 5.41) is 9.43. The molecular formula is C12H9BN2O2S. The number of amides is 1. The Hall–Kier alpha value is -1.95. The second kappa shape index (κ2) is 4.74. The third kappa shape index (κ3) is 2.33. The van der Waals surface area contributed by atoms with Gasteiger partial charge < -0.3 is 0 Å². The molecule has 0 aliphatic heterocycles. The van der Waals surface area contributed by atoms with E-state index in [9.17, 15) is 4.79 Å². The zero-order valence-corrected chi connectivity index (χ0v) is 10.2. The topological polar surface area (TPSA) is 55.1 Å². The van der Waals surface area contributed by atoms with Crippen LogP contribution in [0.25, 0.3) is 10.1 Å². The van der Waals surface area contributed by atoms with Gasteiger partial charge in [0.2, 0.25) is 0 Å². The average molecular weight is 256 g/mol. The van der Waals surface area contributed by atoms with Crippen molar-refractivity contribution in [2.24, 2.45) is 0 Å². The van der Waals surface area contributed by atoms with E-state index in [-0.39, 0.29) is 5.91 Å². The van der Waals surface area contributed by atoms with Crippen LogP contribution in [0.3, 0.4) is 0 Å². The van der Waals surface area contributed by atoms with E-state index >= 15 is 0 Å². The van der Waals surface area contributed by atoms with Crippen molar-refractivity contribution in [3.8, 4) is 0 Å². The molecule has 0 saturated heterocycles. The number of fused-ring (bicyclic) bond motifs is 1. The fraction of sp³-hybridized carbons (Fsp3) is 0.0833. The number of nitrogens with zero attached hydrogens (tertiary/aromatic N) is 1. The summed E-state index contributed by atoms with van der Waals surface area (Å²) >= 11 is 1.67. The molecule has 0 bridgehead atoms. The van der Waals surface area contributed by atoms with E-state index in [1.807, 2.05) is 23.6 Å². The normalized spacial score (nSPS) is 10.4. The number of hydrogen-bond acceptors (Lipinski definition) is 4. The van der Waals surface area contributed by atoms with E-state index in [1.165, 1.54) is 16.2 Å². The second-order valence-corrected chi connectivity index (χ2v) is 4.84. The summed E-state index contributed by atoms with van der Waals surface area (Å²) in [4.78, 5) is 11.8. The summed E-state index contributed by atoms with van der Waals surface area (Å²) in [6, 6.07) is 8.11. The summed E-state index contributed by atoms with van der Waals surface area (Å²) in [5.41, 5.74) is 0.988. The van der Waals surface area contributed by atoms with Gasteiger partial charge in [0.05, 0.1) is 0 Å². The van der Waals surface area contributed by atoms with Crippen molar-refractivity contribution in [1.29, 1.82) is 0 Å². The van der Waals surface area contributed by atoms with Gasteiger partial charge in [-0.25, -0.2) is 0 Å². The average Bonchev–Trinajstić information content (AvgIpc) is 2.98. The number of rotatable bonds is 3. The fourth-order valence-corrected chi connectivity index (χ4v) is 2.61. The molecule has 1 aromatic carbocycles. The van der Waals surface area contributed by atoms with Crippen LogP contribution in [0.1, 0.15) is 5.56 Å². The van der Waals surface area contributed by atoms with Gasteiger partial charge in [-0.05, 0) is 0 Å². The summed E-state index contributed by atoms with van der Waals surface area (Å²) in [5.74, 6) is 0.264. The van der Waals surface area contributed by atoms with Gasteiger partial charge >= 0.3 is 108 Å². The molecule has 0 saturated carbocycles. The van der Waals surface area contributed by atoms with Crippen LogP contribution in [0.4, 0.5) is 5.78 Å². The molecule has 0 radical (unpaired) electrons. The molecule has 3 aromatic rings. The van der Waals surface area contributed by atoms with Gasteiger partial charge in [0.1, 0.15) is 0 Å². The van der Waals surface area contributed by atoms with Gasteiger partial charge in [0.25, 0.3) is 0 Å². The third-order valence-electron chi connectivity index (χ3n) is 2.59. The summed E-state index contributed by atoms with van der Waals surface area (Å²) < 4.78 is 6.01. The maximum atomic E-state index is 11.8. The molecule has 0 aliphatic rings. The standard InChI is InChI=1S/C12H9BN2O2S/c16-11(15-12-13-7-14-17-12)6-8-1-2-9-3-4-18-10(9)5-8/h1-5,7H,6H2,(H,15,16). The Balaban J connectivity index is 1.73. The van der Waals surface area contributed by atoms with Crippen LogP contribution in [-0.2, 0) is 11.2 Å². The first kappa shape index (κ1) is 11.2. The van der Waals surface area contributed by atoms with Gasteiger partial charge in [-0.3, -0.25) is 0 Å². The number of hydrogen-bond donors (Lipinski definition) is 1. The van der Waals surface area contributed by atoms with Crippen molar-refractivity contribution in [3.05, 3.63) is 41.3 Å². The van der Waals surface area contributed by atoms with E-state index in [0.29, 0.717) is 12.2 Å². The molecule has 88 valence electrons. The summed E-state index contributed by atoms with van der Waals surface area (Å²) in [6.07, 6.45) is 1.82. The van der Waals surface area contributed by atoms with E-state index < -0.39 is 0 Å². The number of carbonyl (C=O) groups excluding carboxylic acids is 1. The van der Waals surface area contributed by atoms with Crippen LogP contribution < -0.4 is 5.32 Å². The van der Waals surface area contributed by atoms with Crippen LogP contribution in [-0.4, -0.2) is 18.0 Å². The van der Waals surface area contributed by atoms with Crippen molar-refractivity contribution in [1.82, 2.24) is 5.16 Å². The Morgan fingerprint density at radius 3 is 3.22 bits per heavy atom. The summed E-state index contributed by atoms with van der Waals surface area (Å²) in [7, 11) is 0. The van der Waals surface area contributed by atoms with Crippen LogP contribution in [0.2, 0.25) is 0 Å². The quantitative estimate of drug-likeness (QED) is 0.782. The van der Waals surface area contributed by atoms with Gasteiger partial charge in [0.15, 0.2) is 0 Å². The first-order valence-electron chi connectivity index (χ1n) is 5.48. The van der Waals surface area contributed by atoms with Gasteiger partial charge in [0, 0.05) is 0 Å². The van der Waals surface area contributed by atoms with Crippen LogP contribution >= 0.6 is 11.3 Å². The van der Waals surface area contributed by atoms with E-state index in [2.05, 4.69) is 16.5 Å². The third-order valence-corrected chi connectivity index (χ3v) is 3.47. The molecule has 6 heteroatoms. The summed E-state index contributed by atoms with van der Waals surface area (Å²) in [6.45, 7) is 1.61. The van der Waals surface area contributed by atoms with Crippen LogP contribution in [0, 0.1) is 0 Å². The van der Waals surface area contributed by atoms with Crippen molar-refractivity contribution in [2.75, 3.05) is 5.32 Å². The maximum absolute atomic E-state index is 11.8. The molecule has 0 aliphatic carbocycles. The molecule has 2 aromatic heterocycles. The van der Waals surface area contributed by atoms with Gasteiger partial charge in [-0.1, -0.05) is 0 Å². The number of carbonyl (C=O) groups is 1. The molecular weight excluding hydrogens is 247 g/mol. The molecule has 0 unspecified atom stereocenters. The Morgan fingerprint density at radius 1 is 1.44 bits per heavy atom. The van der Waals surface area contributed by atoms with Gasteiger partial charge in [-0.2, -0.15) is 0 Å². The van der Waals surface area contributed by atoms with Crippen molar-refractivity contribution < 1.29 is 9.32 Å². The van der Waals surface area contributed by atoms with Crippen LogP contribution in [0.5, 0.6) is 0 Å². The Bertz CT molecular complexity index is 678. The van der Waals surface area contributed by atoms with Crippen molar-refractivity contribution >= 4 is 40.0 Å². The minimum atomic E-state index is -0.109. The molecule has 0 spiro atoms. The number of thiophene rings is 1. The number of benzene rings is 1. The first-order valence-corrected chi connectivity index (χ1v) is 6.36. The molecule has 0 fully saturated rings. The van der Waals surface area contributed by atoms with Crippen LogP contribution in [0.15, 0.2) is 40.3 Å². The SMILES string of the molecule is O=C(Cc1ccc2ccsc2c1)Nc1bcno1. The molecule has 18 heavy (non-hydrogen) atoms. The molecule has 2 heterocycles. The second-order valence-electron chi connectivity index (χ2n) is 3.89. The Labute approximate surface area is 108 Å². The van der Waals surface area contributed by atoms with Crippen molar-refractivity contribution in [3.63, 3.8) is 0 Å². The predicted octanol–water partition coefficient (Wildman–Crippen LogP) is 2.41. The number of anilines is 1. The Morgan fingerprint density at radius 2 is 2.39 bits per heavy atom. The molecule has 1 amide bonds. The van der Waals surface area contributed by atoms with E-state index in [1.54, 1.807) is 18.2 Å². The fourth-order valence-electron chi connectivity index (χ4n) is 1.76. The van der Waals surface area contributed by atoms with E-state index in [0.717, 1.165) is 5.56 Å². The predicted molar refractivity (Wildman–Crippen MR) is 72.0 cm³/mol. The zero-order chi connectivity index (χ0) is 12.4. The Kier molecular flexibility index (Phi) is 2.94. The molecule has 3 rings (SSSR count). The minimum absolute atomic E-state index is 0.109. The zero-order valence-electron chi connectivity index (χ0n) is 9.42. The molecule has 0 atom stereocenters. The van der Waals surface area contributed by atoms with E-state index in [4.69, 9.17) is 4.52 Å². The molecule has 4 nitrogen and oxygen atoms in total. The number of nitrogens with one attached hydrogen (secondary N) is 1. The van der Waals surface area contributed by atoms with Gasteiger partial charge in [-0.15, -0.1) is 0 Å². The van der Waals surface area contributed by atoms with Crippen molar-refractivity contribution in [2.45, 2.75) is 6.42 Å². The number of aromatic nitrogens is 1. The molecule has 1 N–H and O–H groups in total. The monoisotopic (exact) mass is 256 g/mol. The first-order chi connectivity index (χ1) is 8.81.